The van der Waals surface area contributed by atoms with E-state index in [1.807, 2.05) is 13.8 Å². The number of rotatable bonds is 5. The topological polar surface area (TPSA) is 24.9 Å². The molecule has 4 rings (SSSR count). The van der Waals surface area contributed by atoms with Crippen LogP contribution < -0.4 is 9.47 Å². The lowest BCUT2D eigenvalue weighted by Crippen LogP contribution is -2.38. The van der Waals surface area contributed by atoms with E-state index >= 15 is 0 Å². The number of benzene rings is 2. The van der Waals surface area contributed by atoms with E-state index in [4.69, 9.17) is 9.47 Å². The van der Waals surface area contributed by atoms with Crippen molar-refractivity contribution >= 4 is 0 Å². The second-order valence-corrected chi connectivity index (χ2v) is 11.2. The number of halogens is 6. The molecule has 0 radical (unpaired) electrons. The van der Waals surface area contributed by atoms with Crippen molar-refractivity contribution in [3.05, 3.63) is 57.1 Å². The molecule has 0 aliphatic carbocycles. The second-order valence-electron chi connectivity index (χ2n) is 11.2. The van der Waals surface area contributed by atoms with Gasteiger partial charge in [-0.2, -0.15) is 26.3 Å². The predicted molar refractivity (Wildman–Crippen MR) is 156 cm³/mol. The van der Waals surface area contributed by atoms with Gasteiger partial charge in [0.1, 0.15) is 11.5 Å². The van der Waals surface area contributed by atoms with Gasteiger partial charge in [-0.15, -0.1) is 0 Å². The van der Waals surface area contributed by atoms with Crippen molar-refractivity contribution in [1.82, 2.24) is 9.80 Å². The highest BCUT2D eigenvalue weighted by molar-refractivity contribution is 5.53. The van der Waals surface area contributed by atoms with Crippen LogP contribution in [0.3, 0.4) is 0 Å². The van der Waals surface area contributed by atoms with Crippen molar-refractivity contribution in [2.24, 2.45) is 0 Å². The first-order valence-corrected chi connectivity index (χ1v) is 14.5. The number of hydrogen-bond acceptors (Lipinski definition) is 4. The van der Waals surface area contributed by atoms with Crippen molar-refractivity contribution in [2.45, 2.75) is 91.7 Å². The minimum Gasteiger partial charge on any atom is -0.496 e. The monoisotopic (exact) mass is 604 g/mol. The van der Waals surface area contributed by atoms with Gasteiger partial charge in [0.2, 0.25) is 0 Å². The van der Waals surface area contributed by atoms with Gasteiger partial charge in [-0.3, -0.25) is 4.90 Å². The lowest BCUT2D eigenvalue weighted by molar-refractivity contribution is -0.149. The van der Waals surface area contributed by atoms with Gasteiger partial charge in [-0.05, 0) is 66.1 Å². The van der Waals surface area contributed by atoms with Crippen LogP contribution >= 0.6 is 0 Å². The molecule has 2 aliphatic heterocycles. The minimum absolute atomic E-state index is 0.0561. The molecule has 0 saturated carbocycles. The molecule has 42 heavy (non-hydrogen) atoms. The number of ether oxygens (including phenoxy) is 2. The van der Waals surface area contributed by atoms with Gasteiger partial charge >= 0.3 is 12.4 Å². The van der Waals surface area contributed by atoms with Gasteiger partial charge < -0.3 is 14.4 Å². The normalized spacial score (nSPS) is 15.7. The van der Waals surface area contributed by atoms with Gasteiger partial charge in [0.25, 0.3) is 0 Å². The molecule has 2 heterocycles. The fraction of sp³-hybridized carbons (Fsp3) is 0.625. The molecule has 0 amide bonds. The van der Waals surface area contributed by atoms with E-state index in [1.165, 1.54) is 29.9 Å². The summed E-state index contributed by atoms with van der Waals surface area (Å²) in [5.41, 5.74) is 4.05. The van der Waals surface area contributed by atoms with E-state index in [2.05, 4.69) is 37.9 Å². The molecule has 0 spiro atoms. The Morgan fingerprint density at radius 3 is 1.83 bits per heavy atom. The summed E-state index contributed by atoms with van der Waals surface area (Å²) in [6, 6.07) is 5.78. The molecule has 4 nitrogen and oxygen atoms in total. The van der Waals surface area contributed by atoms with E-state index in [0.717, 1.165) is 30.2 Å². The van der Waals surface area contributed by atoms with Crippen molar-refractivity contribution in [1.29, 1.82) is 0 Å². The van der Waals surface area contributed by atoms with Gasteiger partial charge in [0.05, 0.1) is 26.3 Å². The van der Waals surface area contributed by atoms with Crippen molar-refractivity contribution in [2.75, 3.05) is 40.9 Å². The summed E-state index contributed by atoms with van der Waals surface area (Å²) >= 11 is 0. The highest BCUT2D eigenvalue weighted by Crippen LogP contribution is 2.45. The molecule has 0 N–H and O–H groups in total. The Kier molecular flexibility index (Phi) is 12.6. The van der Waals surface area contributed by atoms with Crippen LogP contribution in [0.4, 0.5) is 26.3 Å². The van der Waals surface area contributed by atoms with E-state index in [-0.39, 0.29) is 42.0 Å². The SMILES string of the molecule is CC.COc1cc2c(c(C(F)(F)F)c1C(C)C)CCN(CC(F)(F)F)C2.COc1ccc2c(c1C(C)C)CCN(C)C2. The average Bonchev–Trinajstić information content (AvgIpc) is 2.90. The standard InChI is InChI=1S/C16H19F6NO.C14H21NO.C2H6/c1-9(2)13-12(24-3)6-10-7-23(8-15(17,18)19)5-4-11(10)14(13)16(20,21)22;1-10(2)14-12-7-8-15(3)9-11(12)5-6-13(14)16-4;1-2/h6,9H,4-5,7-8H2,1-3H3;5-6,10H,7-9H2,1-4H3;1-2H3. The third-order valence-electron chi connectivity index (χ3n) is 7.48. The Balaban J connectivity index is 0.000000296. The van der Waals surface area contributed by atoms with Crippen molar-refractivity contribution in [3.63, 3.8) is 0 Å². The summed E-state index contributed by atoms with van der Waals surface area (Å²) in [6.45, 7) is 12.6. The summed E-state index contributed by atoms with van der Waals surface area (Å²) in [7, 11) is 5.22. The zero-order valence-electron chi connectivity index (χ0n) is 26.3. The number of alkyl halides is 6. The Morgan fingerprint density at radius 2 is 1.33 bits per heavy atom. The maximum absolute atomic E-state index is 13.6. The number of nitrogens with zero attached hydrogens (tertiary/aromatic N) is 2. The maximum Gasteiger partial charge on any atom is 0.417 e. The Labute approximate surface area is 247 Å². The lowest BCUT2D eigenvalue weighted by Gasteiger charge is -2.33. The summed E-state index contributed by atoms with van der Waals surface area (Å²) in [6.07, 6.45) is -7.88. The summed E-state index contributed by atoms with van der Waals surface area (Å²) in [5, 5.41) is 0. The van der Waals surface area contributed by atoms with Gasteiger partial charge in [0, 0.05) is 37.3 Å². The van der Waals surface area contributed by atoms with Gasteiger partial charge in [-0.1, -0.05) is 47.6 Å². The molecule has 10 heteroatoms. The molecule has 2 aliphatic rings. The largest absolute Gasteiger partial charge is 0.496 e. The quantitative estimate of drug-likeness (QED) is 0.319. The van der Waals surface area contributed by atoms with Crippen LogP contribution in [0.15, 0.2) is 18.2 Å². The summed E-state index contributed by atoms with van der Waals surface area (Å²) < 4.78 is 89.1. The number of methoxy groups -OCH3 is 2. The van der Waals surface area contributed by atoms with E-state index < -0.39 is 30.4 Å². The molecule has 2 aromatic carbocycles. The number of fused-ring (bicyclic) bond motifs is 2. The second kappa shape index (κ2) is 14.8. The van der Waals surface area contributed by atoms with Crippen LogP contribution in [0.5, 0.6) is 11.5 Å². The Morgan fingerprint density at radius 1 is 0.762 bits per heavy atom. The lowest BCUT2D eigenvalue weighted by atomic mass is 9.85. The average molecular weight is 605 g/mol. The van der Waals surface area contributed by atoms with Crippen LogP contribution in [-0.2, 0) is 32.1 Å². The first-order chi connectivity index (χ1) is 19.6. The van der Waals surface area contributed by atoms with E-state index in [9.17, 15) is 26.3 Å². The highest BCUT2D eigenvalue weighted by atomic mass is 19.4. The first kappa shape index (κ1) is 35.7. The van der Waals surface area contributed by atoms with E-state index in [0.29, 0.717) is 5.92 Å². The smallest absolute Gasteiger partial charge is 0.417 e. The van der Waals surface area contributed by atoms with Crippen LogP contribution in [0, 0.1) is 0 Å². The van der Waals surface area contributed by atoms with Crippen molar-refractivity contribution in [3.8, 4) is 11.5 Å². The maximum atomic E-state index is 13.6. The molecule has 0 fully saturated rings. The van der Waals surface area contributed by atoms with Crippen LogP contribution in [0.1, 0.15) is 92.3 Å². The Bertz CT molecular complexity index is 1180. The Hall–Kier alpha value is -2.46. The van der Waals surface area contributed by atoms with Crippen LogP contribution in [0.2, 0.25) is 0 Å². The molecule has 0 unspecified atom stereocenters. The van der Waals surface area contributed by atoms with Crippen molar-refractivity contribution < 1.29 is 35.8 Å². The molecular weight excluding hydrogens is 558 g/mol. The van der Waals surface area contributed by atoms with Gasteiger partial charge in [-0.25, -0.2) is 0 Å². The van der Waals surface area contributed by atoms with Gasteiger partial charge in [0.15, 0.2) is 0 Å². The molecule has 0 aromatic heterocycles. The molecule has 0 atom stereocenters. The number of likely N-dealkylation sites (N-methyl/N-ethyl adjacent to an activating group) is 1. The van der Waals surface area contributed by atoms with Crippen LogP contribution in [-0.4, -0.2) is 56.9 Å². The fourth-order valence-electron chi connectivity index (χ4n) is 5.86. The van der Waals surface area contributed by atoms with Crippen LogP contribution in [0.25, 0.3) is 0 Å². The fourth-order valence-corrected chi connectivity index (χ4v) is 5.86. The predicted octanol–water partition coefficient (Wildman–Crippen LogP) is 8.59. The van der Waals surface area contributed by atoms with E-state index in [1.54, 1.807) is 21.0 Å². The summed E-state index contributed by atoms with van der Waals surface area (Å²) in [4.78, 5) is 3.48. The number of hydrogen-bond donors (Lipinski definition) is 0. The third-order valence-corrected chi connectivity index (χ3v) is 7.48. The molecular formula is C32H46F6N2O2. The molecule has 0 saturated heterocycles. The molecule has 238 valence electrons. The highest BCUT2D eigenvalue weighted by Gasteiger charge is 2.41. The zero-order chi connectivity index (χ0) is 32.0. The summed E-state index contributed by atoms with van der Waals surface area (Å²) in [5.74, 6) is 1.24. The molecule has 2 aromatic rings. The molecule has 0 bridgehead atoms. The minimum atomic E-state index is -4.58. The third kappa shape index (κ3) is 8.78. The zero-order valence-corrected chi connectivity index (χ0v) is 26.3. The first-order valence-electron chi connectivity index (χ1n) is 14.5.